The van der Waals surface area contributed by atoms with Crippen molar-refractivity contribution in [3.05, 3.63) is 48.0 Å². The van der Waals surface area contributed by atoms with Gasteiger partial charge in [-0.15, -0.1) is 0 Å². The Hall–Kier alpha value is -2.10. The lowest BCUT2D eigenvalue weighted by atomic mass is 9.90. The Balaban J connectivity index is 1.78. The van der Waals surface area contributed by atoms with Crippen LogP contribution in [0.5, 0.6) is 5.75 Å². The van der Waals surface area contributed by atoms with E-state index < -0.39 is 0 Å². The number of pyridine rings is 1. The van der Waals surface area contributed by atoms with E-state index >= 15 is 0 Å². The number of rotatable bonds is 2. The molecule has 0 saturated carbocycles. The SMILES string of the molecule is O=C1NC2CC=C(Oc3cccnc3)C=C12. The predicted molar refractivity (Wildman–Crippen MR) is 57.6 cm³/mol. The lowest BCUT2D eigenvalue weighted by molar-refractivity contribution is -0.122. The van der Waals surface area contributed by atoms with Gasteiger partial charge in [0.2, 0.25) is 5.91 Å². The van der Waals surface area contributed by atoms with Gasteiger partial charge in [0.15, 0.2) is 0 Å². The van der Waals surface area contributed by atoms with Crippen molar-refractivity contribution in [1.29, 1.82) is 0 Å². The summed E-state index contributed by atoms with van der Waals surface area (Å²) < 4.78 is 5.60. The largest absolute Gasteiger partial charge is 0.456 e. The highest BCUT2D eigenvalue weighted by atomic mass is 16.5. The van der Waals surface area contributed by atoms with Crippen LogP contribution in [0.25, 0.3) is 0 Å². The molecule has 1 aliphatic carbocycles. The van der Waals surface area contributed by atoms with Gasteiger partial charge < -0.3 is 10.1 Å². The van der Waals surface area contributed by atoms with E-state index in [1.807, 2.05) is 18.2 Å². The minimum absolute atomic E-state index is 0.00499. The lowest BCUT2D eigenvalue weighted by Crippen LogP contribution is -2.52. The summed E-state index contributed by atoms with van der Waals surface area (Å²) in [5.74, 6) is 1.41. The van der Waals surface area contributed by atoms with Gasteiger partial charge in [-0.05, 0) is 30.7 Å². The fourth-order valence-corrected chi connectivity index (χ4v) is 1.81. The van der Waals surface area contributed by atoms with Crippen molar-refractivity contribution in [1.82, 2.24) is 10.3 Å². The number of nitrogens with zero attached hydrogens (tertiary/aromatic N) is 1. The van der Waals surface area contributed by atoms with Crippen molar-refractivity contribution in [2.75, 3.05) is 0 Å². The van der Waals surface area contributed by atoms with E-state index in [-0.39, 0.29) is 11.9 Å². The molecule has 1 aliphatic heterocycles. The number of nitrogens with one attached hydrogen (secondary N) is 1. The molecule has 16 heavy (non-hydrogen) atoms. The first-order valence-electron chi connectivity index (χ1n) is 5.13. The van der Waals surface area contributed by atoms with Crippen LogP contribution in [0.15, 0.2) is 48.0 Å². The standard InChI is InChI=1S/C12H10N2O2/c15-12-10-6-8(3-4-11(10)14-12)16-9-2-1-5-13-7-9/h1-3,5-7,11H,4H2,(H,14,15). The Bertz CT molecular complexity index is 491. The molecule has 80 valence electrons. The quantitative estimate of drug-likeness (QED) is 0.752. The van der Waals surface area contributed by atoms with Crippen molar-refractivity contribution in [2.45, 2.75) is 12.5 Å². The van der Waals surface area contributed by atoms with Gasteiger partial charge in [0.1, 0.15) is 11.5 Å². The third-order valence-electron chi connectivity index (χ3n) is 2.67. The second kappa shape index (κ2) is 3.48. The molecule has 0 spiro atoms. The third kappa shape index (κ3) is 1.48. The summed E-state index contributed by atoms with van der Waals surface area (Å²) in [6.07, 6.45) is 7.90. The molecular formula is C12H10N2O2. The van der Waals surface area contributed by atoms with E-state index in [1.54, 1.807) is 18.5 Å². The van der Waals surface area contributed by atoms with Crippen LogP contribution < -0.4 is 10.1 Å². The number of aromatic nitrogens is 1. The molecular weight excluding hydrogens is 204 g/mol. The van der Waals surface area contributed by atoms with Gasteiger partial charge in [-0.1, -0.05) is 0 Å². The molecule has 0 bridgehead atoms. The normalized spacial score (nSPS) is 22.2. The number of hydrogen-bond acceptors (Lipinski definition) is 3. The molecule has 2 aliphatic rings. The van der Waals surface area contributed by atoms with E-state index in [2.05, 4.69) is 10.3 Å². The van der Waals surface area contributed by atoms with E-state index in [4.69, 9.17) is 4.74 Å². The van der Waals surface area contributed by atoms with Gasteiger partial charge in [0.05, 0.1) is 12.2 Å². The average Bonchev–Trinajstić information content (AvgIpc) is 2.31. The monoisotopic (exact) mass is 214 g/mol. The fraction of sp³-hybridized carbons (Fsp3) is 0.167. The third-order valence-corrected chi connectivity index (χ3v) is 2.67. The summed E-state index contributed by atoms with van der Waals surface area (Å²) >= 11 is 0. The van der Waals surface area contributed by atoms with Crippen LogP contribution in [0.3, 0.4) is 0 Å². The summed E-state index contributed by atoms with van der Waals surface area (Å²) in [6, 6.07) is 3.83. The first-order chi connectivity index (χ1) is 7.83. The molecule has 0 radical (unpaired) electrons. The summed E-state index contributed by atoms with van der Waals surface area (Å²) in [6.45, 7) is 0. The van der Waals surface area contributed by atoms with Crippen LogP contribution in [0.2, 0.25) is 0 Å². The Morgan fingerprint density at radius 2 is 2.44 bits per heavy atom. The molecule has 1 fully saturated rings. The van der Waals surface area contributed by atoms with Crippen molar-refractivity contribution in [3.63, 3.8) is 0 Å². The Labute approximate surface area is 92.6 Å². The number of fused-ring (bicyclic) bond motifs is 1. The highest BCUT2D eigenvalue weighted by Crippen LogP contribution is 2.26. The zero-order chi connectivity index (χ0) is 11.0. The molecule has 1 unspecified atom stereocenters. The summed E-state index contributed by atoms with van der Waals surface area (Å²) in [7, 11) is 0. The van der Waals surface area contributed by atoms with Crippen molar-refractivity contribution in [2.24, 2.45) is 0 Å². The van der Waals surface area contributed by atoms with Crippen LogP contribution in [-0.2, 0) is 4.79 Å². The second-order valence-electron chi connectivity index (χ2n) is 3.76. The maximum absolute atomic E-state index is 11.2. The number of β-lactam (4-membered cyclic amide) rings is 1. The zero-order valence-corrected chi connectivity index (χ0v) is 8.51. The second-order valence-corrected chi connectivity index (χ2v) is 3.76. The number of hydrogen-bond donors (Lipinski definition) is 1. The van der Waals surface area contributed by atoms with Gasteiger partial charge in [0, 0.05) is 11.8 Å². The minimum Gasteiger partial charge on any atom is -0.456 e. The molecule has 1 saturated heterocycles. The molecule has 4 heteroatoms. The lowest BCUT2D eigenvalue weighted by Gasteiger charge is -2.32. The van der Waals surface area contributed by atoms with Crippen molar-refractivity contribution < 1.29 is 9.53 Å². The Kier molecular flexibility index (Phi) is 1.99. The van der Waals surface area contributed by atoms with E-state index in [1.165, 1.54) is 0 Å². The first-order valence-corrected chi connectivity index (χ1v) is 5.13. The van der Waals surface area contributed by atoms with E-state index in [0.717, 1.165) is 12.0 Å². The van der Waals surface area contributed by atoms with Gasteiger partial charge in [0.25, 0.3) is 0 Å². The van der Waals surface area contributed by atoms with Crippen LogP contribution in [0, 0.1) is 0 Å². The van der Waals surface area contributed by atoms with Crippen LogP contribution in [0.4, 0.5) is 0 Å². The average molecular weight is 214 g/mol. The molecule has 1 amide bonds. The van der Waals surface area contributed by atoms with E-state index in [0.29, 0.717) is 11.5 Å². The molecule has 3 rings (SSSR count). The highest BCUT2D eigenvalue weighted by molar-refractivity contribution is 6.02. The molecule has 4 nitrogen and oxygen atoms in total. The molecule has 1 aromatic rings. The van der Waals surface area contributed by atoms with E-state index in [9.17, 15) is 4.79 Å². The fourth-order valence-electron chi connectivity index (χ4n) is 1.81. The predicted octanol–water partition coefficient (Wildman–Crippen LogP) is 1.17. The smallest absolute Gasteiger partial charge is 0.249 e. The summed E-state index contributed by atoms with van der Waals surface area (Å²) in [5, 5.41) is 2.81. The maximum atomic E-state index is 11.2. The minimum atomic E-state index is 0.00499. The van der Waals surface area contributed by atoms with Crippen LogP contribution >= 0.6 is 0 Å². The Morgan fingerprint density at radius 3 is 3.19 bits per heavy atom. The molecule has 1 aromatic heterocycles. The van der Waals surface area contributed by atoms with Gasteiger partial charge in [-0.2, -0.15) is 0 Å². The molecule has 2 heterocycles. The van der Waals surface area contributed by atoms with Gasteiger partial charge in [-0.3, -0.25) is 9.78 Å². The summed E-state index contributed by atoms with van der Waals surface area (Å²) in [4.78, 5) is 15.1. The Morgan fingerprint density at radius 1 is 1.50 bits per heavy atom. The number of carbonyl (C=O) groups excluding carboxylic acids is 1. The summed E-state index contributed by atoms with van der Waals surface area (Å²) in [5.41, 5.74) is 0.807. The topological polar surface area (TPSA) is 51.2 Å². The van der Waals surface area contributed by atoms with Crippen molar-refractivity contribution in [3.8, 4) is 5.75 Å². The zero-order valence-electron chi connectivity index (χ0n) is 8.51. The molecule has 1 N–H and O–H groups in total. The first kappa shape index (κ1) is 9.15. The maximum Gasteiger partial charge on any atom is 0.249 e. The highest BCUT2D eigenvalue weighted by Gasteiger charge is 2.34. The number of allylic oxidation sites excluding steroid dienone is 1. The number of ether oxygens (including phenoxy) is 1. The van der Waals surface area contributed by atoms with Crippen LogP contribution in [0.1, 0.15) is 6.42 Å². The molecule has 1 atom stereocenters. The van der Waals surface area contributed by atoms with Crippen molar-refractivity contribution >= 4 is 5.91 Å². The molecule has 0 aromatic carbocycles. The van der Waals surface area contributed by atoms with Gasteiger partial charge in [-0.25, -0.2) is 0 Å². The van der Waals surface area contributed by atoms with Crippen LogP contribution in [-0.4, -0.2) is 16.9 Å². The number of carbonyl (C=O) groups is 1. The van der Waals surface area contributed by atoms with Gasteiger partial charge >= 0.3 is 0 Å². The number of amides is 1.